The van der Waals surface area contributed by atoms with Crippen LogP contribution < -0.4 is 33.6 Å². The predicted octanol–water partition coefficient (Wildman–Crippen LogP) is -3.74. The van der Waals surface area contributed by atoms with Gasteiger partial charge < -0.3 is 78.4 Å². The summed E-state index contributed by atoms with van der Waals surface area (Å²) in [4.78, 5) is 19.4. The van der Waals surface area contributed by atoms with Crippen LogP contribution in [0.15, 0.2) is 4.99 Å². The Morgan fingerprint density at radius 3 is 2.43 bits per heavy atom. The molecule has 9 unspecified atom stereocenters. The van der Waals surface area contributed by atoms with Crippen molar-refractivity contribution in [1.82, 2.24) is 10.6 Å². The number of aliphatic imine (C=N–C) groups is 1. The summed E-state index contributed by atoms with van der Waals surface area (Å²) in [6.07, 6.45) is -1.10. The third-order valence-electron chi connectivity index (χ3n) is 7.87. The standard InChI is InChI=1S/C22H45N7O6.C5H9FO4.CH4O/c1-2-22(33,29-21(25)26)20(32)28-13-9-16(24)19(17(31)10-13)35-18-7-3-6-15(34-18)12-27-11-14(30)5-4-8-23;6-10-5-4(8)1-3(7)2-9-5;1-2/h13-19,27,30-31,33H,2-12,23-24H2,1H3,(H,28,32)(H4,25,26,29);3-5,7-8H,1-2H2;2H,1H3/t13?,14?,15?,16?,17?,18-,19-,22?;;/m1../s1. The second kappa shape index (κ2) is 22.7. The van der Waals surface area contributed by atoms with Gasteiger partial charge in [-0.15, -0.1) is 0 Å². The summed E-state index contributed by atoms with van der Waals surface area (Å²) in [5, 5.41) is 61.7. The van der Waals surface area contributed by atoms with Crippen molar-refractivity contribution in [1.29, 1.82) is 0 Å². The van der Waals surface area contributed by atoms with Gasteiger partial charge in [0.2, 0.25) is 12.0 Å². The number of halogens is 1. The second-order valence-electron chi connectivity index (χ2n) is 11.8. The molecule has 2 saturated heterocycles. The molecule has 0 spiro atoms. The average molecular weight is 688 g/mol. The maximum Gasteiger partial charge on any atom is 0.275 e. The van der Waals surface area contributed by atoms with Crippen LogP contribution in [-0.4, -0.2) is 143 Å². The third-order valence-corrected chi connectivity index (χ3v) is 7.87. The number of nitrogens with zero attached hydrogens (tertiary/aromatic N) is 1. The Labute approximate surface area is 274 Å². The van der Waals surface area contributed by atoms with E-state index in [1.807, 2.05) is 0 Å². The summed E-state index contributed by atoms with van der Waals surface area (Å²) in [7, 11) is 1.00. The van der Waals surface area contributed by atoms with E-state index >= 15 is 0 Å². The highest BCUT2D eigenvalue weighted by molar-refractivity contribution is 5.88. The van der Waals surface area contributed by atoms with Crippen molar-refractivity contribution < 1.29 is 59.1 Å². The van der Waals surface area contributed by atoms with Crippen molar-refractivity contribution in [2.75, 3.05) is 33.4 Å². The molecule has 3 fully saturated rings. The lowest BCUT2D eigenvalue weighted by Gasteiger charge is -2.41. The molecule has 19 heteroatoms. The number of nitrogens with two attached hydrogens (primary N) is 4. The lowest BCUT2D eigenvalue weighted by Crippen LogP contribution is -2.59. The van der Waals surface area contributed by atoms with Crippen molar-refractivity contribution in [3.63, 3.8) is 0 Å². The smallest absolute Gasteiger partial charge is 0.275 e. The SMILES string of the molecule is CCC(O)(N=C(N)N)C(=O)NC1CC(N)[C@@H](O[C@@H]2CCCC(CNCC(O)CCCN)O2)C(O)C1.CO.OC1COC(OF)C(O)C1. The van der Waals surface area contributed by atoms with Crippen molar-refractivity contribution in [3.05, 3.63) is 0 Å². The molecule has 3 aliphatic rings. The van der Waals surface area contributed by atoms with Gasteiger partial charge in [-0.25, -0.2) is 4.99 Å². The van der Waals surface area contributed by atoms with E-state index < -0.39 is 72.8 Å². The first-order valence-corrected chi connectivity index (χ1v) is 16.0. The van der Waals surface area contributed by atoms with Gasteiger partial charge in [0.05, 0.1) is 31.0 Å². The zero-order valence-electron chi connectivity index (χ0n) is 27.3. The number of amides is 1. The molecule has 0 bridgehead atoms. The number of carbonyl (C=O) groups excluding carboxylic acids is 1. The van der Waals surface area contributed by atoms with Gasteiger partial charge in [0.1, 0.15) is 12.2 Å². The number of hydrogen-bond donors (Lipinski definition) is 12. The van der Waals surface area contributed by atoms with Crippen molar-refractivity contribution in [2.24, 2.45) is 27.9 Å². The number of aliphatic hydroxyl groups excluding tert-OH is 5. The predicted molar refractivity (Wildman–Crippen MR) is 167 cm³/mol. The highest BCUT2D eigenvalue weighted by Crippen LogP contribution is 2.27. The fourth-order valence-corrected chi connectivity index (χ4v) is 5.40. The molecule has 2 heterocycles. The molecule has 1 aliphatic carbocycles. The normalized spacial score (nSPS) is 32.7. The number of rotatable bonds is 14. The number of carbonyl (C=O) groups is 1. The molecule has 18 nitrogen and oxygen atoms in total. The maximum atomic E-state index is 12.5. The lowest BCUT2D eigenvalue weighted by molar-refractivity contribution is -0.324. The van der Waals surface area contributed by atoms with E-state index in [4.69, 9.17) is 47.7 Å². The first kappa shape index (κ1) is 43.2. The van der Waals surface area contributed by atoms with E-state index in [1.54, 1.807) is 6.92 Å². The topological polar surface area (TPSA) is 316 Å². The molecule has 0 aromatic rings. The summed E-state index contributed by atoms with van der Waals surface area (Å²) >= 11 is 0. The van der Waals surface area contributed by atoms with Crippen LogP contribution in [0.4, 0.5) is 4.53 Å². The van der Waals surface area contributed by atoms with Crippen molar-refractivity contribution >= 4 is 11.9 Å². The molecule has 0 radical (unpaired) electrons. The quantitative estimate of drug-likeness (QED) is 0.0616. The van der Waals surface area contributed by atoms with E-state index in [9.17, 15) is 24.6 Å². The van der Waals surface area contributed by atoms with Crippen LogP contribution >= 0.6 is 0 Å². The molecule has 1 amide bonds. The molecular weight excluding hydrogens is 629 g/mol. The Morgan fingerprint density at radius 2 is 1.85 bits per heavy atom. The number of hydrogen-bond acceptors (Lipinski definition) is 15. The Hall–Kier alpha value is -1.85. The number of nitrogens with one attached hydrogen (secondary N) is 2. The fourth-order valence-electron chi connectivity index (χ4n) is 5.40. The van der Waals surface area contributed by atoms with Gasteiger partial charge in [0.25, 0.3) is 5.91 Å². The van der Waals surface area contributed by atoms with Gasteiger partial charge in [0.15, 0.2) is 12.2 Å². The third kappa shape index (κ3) is 15.5. The molecule has 47 heavy (non-hydrogen) atoms. The monoisotopic (exact) mass is 687 g/mol. The van der Waals surface area contributed by atoms with Gasteiger partial charge in [-0.2, -0.15) is 4.94 Å². The second-order valence-corrected chi connectivity index (χ2v) is 11.8. The molecule has 0 aromatic heterocycles. The van der Waals surface area contributed by atoms with E-state index in [-0.39, 0.29) is 32.0 Å². The van der Waals surface area contributed by atoms with Crippen LogP contribution in [0, 0.1) is 0 Å². The molecule has 1 saturated carbocycles. The number of guanidine groups is 1. The molecule has 16 N–H and O–H groups in total. The summed E-state index contributed by atoms with van der Waals surface area (Å²) in [6.45, 7) is 3.20. The van der Waals surface area contributed by atoms with Crippen LogP contribution in [-0.2, 0) is 23.9 Å². The van der Waals surface area contributed by atoms with Gasteiger partial charge in [-0.3, -0.25) is 4.79 Å². The maximum absolute atomic E-state index is 12.5. The van der Waals surface area contributed by atoms with E-state index in [2.05, 4.69) is 25.3 Å². The van der Waals surface area contributed by atoms with Gasteiger partial charge in [0, 0.05) is 45.1 Å². The molecular formula is C28H58FN7O11. The minimum Gasteiger partial charge on any atom is -0.400 e. The largest absolute Gasteiger partial charge is 0.400 e. The average Bonchev–Trinajstić information content (AvgIpc) is 3.03. The van der Waals surface area contributed by atoms with Gasteiger partial charge >= 0.3 is 0 Å². The molecule has 278 valence electrons. The minimum absolute atomic E-state index is 0.00560. The number of aliphatic hydroxyl groups is 6. The molecule has 0 aromatic carbocycles. The Kier molecular flexibility index (Phi) is 20.9. The van der Waals surface area contributed by atoms with Crippen LogP contribution in [0.5, 0.6) is 0 Å². The highest BCUT2D eigenvalue weighted by atomic mass is 19.3. The minimum atomic E-state index is -2.08. The van der Waals surface area contributed by atoms with Gasteiger partial charge in [-0.1, -0.05) is 6.92 Å². The molecule has 11 atom stereocenters. The molecule has 3 rings (SSSR count). The summed E-state index contributed by atoms with van der Waals surface area (Å²) in [5.41, 5.74) is 20.3. The van der Waals surface area contributed by atoms with E-state index in [0.717, 1.165) is 26.4 Å². The zero-order valence-corrected chi connectivity index (χ0v) is 27.3. The van der Waals surface area contributed by atoms with Gasteiger partial charge in [-0.05, 0) is 56.0 Å². The first-order chi connectivity index (χ1) is 22.3. The van der Waals surface area contributed by atoms with Crippen molar-refractivity contribution in [2.45, 2.75) is 132 Å². The van der Waals surface area contributed by atoms with Crippen LogP contribution in [0.25, 0.3) is 0 Å². The molecule has 2 aliphatic heterocycles. The Balaban J connectivity index is 0.000000774. The first-order valence-electron chi connectivity index (χ1n) is 16.0. The zero-order chi connectivity index (χ0) is 35.6. The summed E-state index contributed by atoms with van der Waals surface area (Å²) in [5.74, 6) is -1.15. The van der Waals surface area contributed by atoms with E-state index in [0.29, 0.717) is 38.9 Å². The fraction of sp³-hybridized carbons (Fsp3) is 0.929. The Morgan fingerprint density at radius 1 is 1.15 bits per heavy atom. The van der Waals surface area contributed by atoms with Crippen LogP contribution in [0.2, 0.25) is 0 Å². The highest BCUT2D eigenvalue weighted by Gasteiger charge is 2.42. The van der Waals surface area contributed by atoms with Crippen LogP contribution in [0.1, 0.15) is 64.7 Å². The number of ether oxygens (including phenoxy) is 3. The summed E-state index contributed by atoms with van der Waals surface area (Å²) < 4.78 is 28.0. The summed E-state index contributed by atoms with van der Waals surface area (Å²) in [6, 6.07) is -1.03. The van der Waals surface area contributed by atoms with Crippen LogP contribution in [0.3, 0.4) is 0 Å². The van der Waals surface area contributed by atoms with E-state index in [1.165, 1.54) is 0 Å². The lowest BCUT2D eigenvalue weighted by atomic mass is 9.86. The Bertz CT molecular complexity index is 886. The van der Waals surface area contributed by atoms with Crippen molar-refractivity contribution in [3.8, 4) is 0 Å².